The quantitative estimate of drug-likeness (QED) is 0.770. The van der Waals surface area contributed by atoms with Crippen molar-refractivity contribution in [1.29, 1.82) is 0 Å². The lowest BCUT2D eigenvalue weighted by atomic mass is 9.80. The molecule has 9 heteroatoms. The molecular formula is C12H18N2O5S2. The summed E-state index contributed by atoms with van der Waals surface area (Å²) in [6.45, 7) is 0.197. The van der Waals surface area contributed by atoms with Crippen LogP contribution >= 0.6 is 0 Å². The summed E-state index contributed by atoms with van der Waals surface area (Å²) in [5, 5.41) is 4.97. The first kappa shape index (κ1) is 16.4. The predicted octanol–water partition coefficient (Wildman–Crippen LogP) is 0.181. The zero-order valence-corrected chi connectivity index (χ0v) is 13.2. The number of hydrogen-bond donors (Lipinski definition) is 2. The molecule has 1 aromatic rings. The Kier molecular flexibility index (Phi) is 4.41. The molecule has 0 aromatic heterocycles. The number of primary sulfonamides is 1. The average Bonchev–Trinajstić information content (AvgIpc) is 2.37. The van der Waals surface area contributed by atoms with Crippen LogP contribution in [-0.2, 0) is 24.8 Å². The fourth-order valence-corrected chi connectivity index (χ4v) is 3.77. The van der Waals surface area contributed by atoms with Gasteiger partial charge in [-0.15, -0.1) is 0 Å². The largest absolute Gasteiger partial charge is 0.377 e. The Bertz CT molecular complexity index is 701. The number of methoxy groups -OCH3 is 1. The summed E-state index contributed by atoms with van der Waals surface area (Å²) in [6, 6.07) is 4.75. The minimum Gasteiger partial charge on any atom is -0.377 e. The number of nitrogens with two attached hydrogens (primary N) is 1. The number of sulfonamides is 2. The highest BCUT2D eigenvalue weighted by Gasteiger charge is 2.38. The zero-order valence-electron chi connectivity index (χ0n) is 11.6. The fourth-order valence-electron chi connectivity index (χ4n) is 2.14. The molecule has 0 aliphatic heterocycles. The Balaban J connectivity index is 2.12. The highest BCUT2D eigenvalue weighted by molar-refractivity contribution is 7.89. The molecule has 0 radical (unpaired) electrons. The van der Waals surface area contributed by atoms with Gasteiger partial charge < -0.3 is 4.74 Å². The van der Waals surface area contributed by atoms with Crippen LogP contribution in [0.5, 0.6) is 0 Å². The van der Waals surface area contributed by atoms with Gasteiger partial charge in [0.25, 0.3) is 0 Å². The molecule has 1 aliphatic rings. The van der Waals surface area contributed by atoms with Gasteiger partial charge in [-0.1, -0.05) is 0 Å². The van der Waals surface area contributed by atoms with Crippen LogP contribution in [0.25, 0.3) is 0 Å². The molecule has 7 nitrogen and oxygen atoms in total. The van der Waals surface area contributed by atoms with Crippen molar-refractivity contribution in [3.8, 4) is 0 Å². The molecule has 0 atom stereocenters. The van der Waals surface area contributed by atoms with Crippen LogP contribution < -0.4 is 9.86 Å². The second-order valence-electron chi connectivity index (χ2n) is 5.08. The highest BCUT2D eigenvalue weighted by atomic mass is 32.2. The first-order valence-electron chi connectivity index (χ1n) is 6.36. The molecule has 118 valence electrons. The van der Waals surface area contributed by atoms with E-state index in [1.54, 1.807) is 7.11 Å². The van der Waals surface area contributed by atoms with Gasteiger partial charge in [-0.05, 0) is 43.5 Å². The minimum atomic E-state index is -3.83. The van der Waals surface area contributed by atoms with E-state index in [0.29, 0.717) is 0 Å². The number of hydrogen-bond acceptors (Lipinski definition) is 5. The van der Waals surface area contributed by atoms with Crippen molar-refractivity contribution < 1.29 is 21.6 Å². The van der Waals surface area contributed by atoms with E-state index < -0.39 is 25.6 Å². The van der Waals surface area contributed by atoms with Gasteiger partial charge in [-0.25, -0.2) is 26.7 Å². The Morgan fingerprint density at radius 1 is 1.14 bits per heavy atom. The molecule has 21 heavy (non-hydrogen) atoms. The molecule has 1 aliphatic carbocycles. The Hall–Kier alpha value is -1.00. The van der Waals surface area contributed by atoms with Crippen molar-refractivity contribution in [1.82, 2.24) is 4.72 Å². The van der Waals surface area contributed by atoms with Crippen LogP contribution in [0.4, 0.5) is 0 Å². The number of rotatable bonds is 6. The van der Waals surface area contributed by atoms with E-state index in [0.717, 1.165) is 19.3 Å². The molecular weight excluding hydrogens is 316 g/mol. The first-order chi connectivity index (χ1) is 9.69. The van der Waals surface area contributed by atoms with Crippen molar-refractivity contribution >= 4 is 20.0 Å². The van der Waals surface area contributed by atoms with E-state index in [1.807, 2.05) is 0 Å². The Labute approximate surface area is 124 Å². The predicted molar refractivity (Wildman–Crippen MR) is 76.6 cm³/mol. The van der Waals surface area contributed by atoms with Crippen molar-refractivity contribution in [3.63, 3.8) is 0 Å². The third-order valence-corrected chi connectivity index (χ3v) is 6.09. The molecule has 1 aromatic carbocycles. The fraction of sp³-hybridized carbons (Fsp3) is 0.500. The summed E-state index contributed by atoms with van der Waals surface area (Å²) in [5.74, 6) is 0. The summed E-state index contributed by atoms with van der Waals surface area (Å²) in [6.07, 6.45) is 2.64. The summed E-state index contributed by atoms with van der Waals surface area (Å²) in [5.41, 5.74) is -0.423. The van der Waals surface area contributed by atoms with Crippen molar-refractivity contribution in [2.45, 2.75) is 34.7 Å². The Morgan fingerprint density at radius 3 is 2.05 bits per heavy atom. The van der Waals surface area contributed by atoms with Gasteiger partial charge in [-0.2, -0.15) is 0 Å². The van der Waals surface area contributed by atoms with Crippen LogP contribution in [0.3, 0.4) is 0 Å². The number of benzene rings is 1. The summed E-state index contributed by atoms with van der Waals surface area (Å²) in [7, 11) is -5.98. The monoisotopic (exact) mass is 334 g/mol. The smallest absolute Gasteiger partial charge is 0.240 e. The number of ether oxygens (including phenoxy) is 1. The van der Waals surface area contributed by atoms with E-state index in [1.165, 1.54) is 24.3 Å². The van der Waals surface area contributed by atoms with Gasteiger partial charge in [0, 0.05) is 13.7 Å². The molecule has 0 heterocycles. The SMILES string of the molecule is COC1(CNS(=O)(=O)c2ccc(S(N)(=O)=O)cc2)CCC1. The summed E-state index contributed by atoms with van der Waals surface area (Å²) >= 11 is 0. The normalized spacial score (nSPS) is 18.2. The third-order valence-electron chi connectivity index (χ3n) is 3.74. The number of nitrogens with one attached hydrogen (secondary N) is 1. The maximum atomic E-state index is 12.1. The highest BCUT2D eigenvalue weighted by Crippen LogP contribution is 2.34. The van der Waals surface area contributed by atoms with E-state index in [2.05, 4.69) is 4.72 Å². The molecule has 0 saturated heterocycles. The van der Waals surface area contributed by atoms with Crippen LogP contribution in [-0.4, -0.2) is 36.1 Å². The molecule has 1 saturated carbocycles. The standard InChI is InChI=1S/C12H18N2O5S2/c1-19-12(7-2-8-12)9-14-21(17,18)11-5-3-10(4-6-11)20(13,15)16/h3-6,14H,2,7-9H2,1H3,(H2,13,15,16). The summed E-state index contributed by atoms with van der Waals surface area (Å²) in [4.78, 5) is -0.144. The second kappa shape index (κ2) is 5.65. The van der Waals surface area contributed by atoms with Gasteiger partial charge >= 0.3 is 0 Å². The van der Waals surface area contributed by atoms with Crippen LogP contribution in [0.2, 0.25) is 0 Å². The molecule has 0 spiro atoms. The minimum absolute atomic E-state index is 0.0134. The average molecular weight is 334 g/mol. The van der Waals surface area contributed by atoms with E-state index >= 15 is 0 Å². The van der Waals surface area contributed by atoms with Gasteiger partial charge in [0.05, 0.1) is 15.4 Å². The second-order valence-corrected chi connectivity index (χ2v) is 8.41. The zero-order chi connectivity index (χ0) is 15.7. The van der Waals surface area contributed by atoms with Crippen molar-refractivity contribution in [3.05, 3.63) is 24.3 Å². The maximum Gasteiger partial charge on any atom is 0.240 e. The topological polar surface area (TPSA) is 116 Å². The third kappa shape index (κ3) is 3.61. The van der Waals surface area contributed by atoms with Crippen molar-refractivity contribution in [2.75, 3.05) is 13.7 Å². The van der Waals surface area contributed by atoms with E-state index in [9.17, 15) is 16.8 Å². The molecule has 1 fully saturated rings. The summed E-state index contributed by atoms with van der Waals surface area (Å²) < 4.78 is 54.4. The van der Waals surface area contributed by atoms with E-state index in [-0.39, 0.29) is 16.3 Å². The molecule has 0 amide bonds. The van der Waals surface area contributed by atoms with Crippen LogP contribution in [0.15, 0.2) is 34.1 Å². The Morgan fingerprint density at radius 2 is 1.67 bits per heavy atom. The molecule has 0 bridgehead atoms. The molecule has 0 unspecified atom stereocenters. The van der Waals surface area contributed by atoms with Gasteiger partial charge in [0.2, 0.25) is 20.0 Å². The maximum absolute atomic E-state index is 12.1. The molecule has 3 N–H and O–H groups in total. The lowest BCUT2D eigenvalue weighted by molar-refractivity contribution is -0.0659. The molecule has 2 rings (SSSR count). The lowest BCUT2D eigenvalue weighted by Gasteiger charge is -2.40. The van der Waals surface area contributed by atoms with Crippen LogP contribution in [0, 0.1) is 0 Å². The first-order valence-corrected chi connectivity index (χ1v) is 9.39. The lowest BCUT2D eigenvalue weighted by Crippen LogP contribution is -2.49. The van der Waals surface area contributed by atoms with Gasteiger partial charge in [0.15, 0.2) is 0 Å². The van der Waals surface area contributed by atoms with E-state index in [4.69, 9.17) is 9.88 Å². The van der Waals surface area contributed by atoms with Crippen LogP contribution in [0.1, 0.15) is 19.3 Å². The van der Waals surface area contributed by atoms with Crippen molar-refractivity contribution in [2.24, 2.45) is 5.14 Å². The van der Waals surface area contributed by atoms with Gasteiger partial charge in [-0.3, -0.25) is 0 Å². The van der Waals surface area contributed by atoms with Gasteiger partial charge in [0.1, 0.15) is 0 Å².